The molecule has 0 fully saturated rings. The summed E-state index contributed by atoms with van der Waals surface area (Å²) >= 11 is 0. The molecule has 0 saturated heterocycles. The molecule has 2 rings (SSSR count). The smallest absolute Gasteiger partial charge is 0.337 e. The van der Waals surface area contributed by atoms with Gasteiger partial charge in [-0.15, -0.1) is 0 Å². The summed E-state index contributed by atoms with van der Waals surface area (Å²) in [5.74, 6) is -0.449. The van der Waals surface area contributed by atoms with Gasteiger partial charge in [0.05, 0.1) is 18.7 Å². The summed E-state index contributed by atoms with van der Waals surface area (Å²) in [7, 11) is 1.33. The number of rotatable bonds is 2. The Hall–Kier alpha value is -2.30. The van der Waals surface area contributed by atoms with E-state index in [1.165, 1.54) is 12.7 Å². The van der Waals surface area contributed by atoms with E-state index in [0.717, 1.165) is 5.56 Å². The molecule has 22 heavy (non-hydrogen) atoms. The minimum absolute atomic E-state index is 0.0484. The van der Waals surface area contributed by atoms with Crippen molar-refractivity contribution in [3.63, 3.8) is 0 Å². The highest BCUT2D eigenvalue weighted by atomic mass is 16.5. The number of hydrogen-bond acceptors (Lipinski definition) is 3. The van der Waals surface area contributed by atoms with Crippen molar-refractivity contribution in [1.29, 1.82) is 0 Å². The van der Waals surface area contributed by atoms with E-state index in [0.29, 0.717) is 11.3 Å². The van der Waals surface area contributed by atoms with Gasteiger partial charge in [0.2, 0.25) is 0 Å². The van der Waals surface area contributed by atoms with Crippen LogP contribution in [-0.2, 0) is 14.9 Å². The molecular formula is C17H22N2O3. The molecule has 0 radical (unpaired) electrons. The molecule has 1 heterocycles. The molecule has 1 aliphatic heterocycles. The average Bonchev–Trinajstić information content (AvgIpc) is 2.45. The monoisotopic (exact) mass is 302 g/mol. The SMILES string of the molecule is COC(=O)C1=C(C)NC(=O)N[C@H]1c1ccc(C(C)(C)C)cc1. The van der Waals surface area contributed by atoms with E-state index in [1.54, 1.807) is 6.92 Å². The Kier molecular flexibility index (Phi) is 4.26. The Balaban J connectivity index is 2.42. The third kappa shape index (κ3) is 3.13. The third-order valence-corrected chi connectivity index (χ3v) is 3.78. The van der Waals surface area contributed by atoms with Crippen LogP contribution in [0.3, 0.4) is 0 Å². The molecule has 1 aromatic carbocycles. The predicted octanol–water partition coefficient (Wildman–Crippen LogP) is 2.79. The van der Waals surface area contributed by atoms with Crippen molar-refractivity contribution >= 4 is 12.0 Å². The van der Waals surface area contributed by atoms with Crippen molar-refractivity contribution in [2.45, 2.75) is 39.2 Å². The lowest BCUT2D eigenvalue weighted by molar-refractivity contribution is -0.136. The Morgan fingerprint density at radius 3 is 2.27 bits per heavy atom. The van der Waals surface area contributed by atoms with E-state index in [-0.39, 0.29) is 11.4 Å². The third-order valence-electron chi connectivity index (χ3n) is 3.78. The van der Waals surface area contributed by atoms with E-state index in [4.69, 9.17) is 4.74 Å². The summed E-state index contributed by atoms with van der Waals surface area (Å²) in [6.45, 7) is 8.11. The first kappa shape index (κ1) is 16.1. The number of hydrogen-bond donors (Lipinski definition) is 2. The molecule has 0 saturated carbocycles. The van der Waals surface area contributed by atoms with Crippen LogP contribution >= 0.6 is 0 Å². The van der Waals surface area contributed by atoms with Gasteiger partial charge in [-0.25, -0.2) is 9.59 Å². The Bertz CT molecular complexity index is 624. The Morgan fingerprint density at radius 1 is 1.18 bits per heavy atom. The molecule has 118 valence electrons. The van der Waals surface area contributed by atoms with Gasteiger partial charge in [-0.1, -0.05) is 45.0 Å². The van der Waals surface area contributed by atoms with Crippen LogP contribution in [0.25, 0.3) is 0 Å². The number of carbonyl (C=O) groups is 2. The molecule has 1 aliphatic rings. The summed E-state index contributed by atoms with van der Waals surface area (Å²) in [6, 6.07) is 7.09. The topological polar surface area (TPSA) is 67.4 Å². The van der Waals surface area contributed by atoms with Crippen LogP contribution in [-0.4, -0.2) is 19.1 Å². The van der Waals surface area contributed by atoms with E-state index < -0.39 is 12.0 Å². The second-order valence-corrected chi connectivity index (χ2v) is 6.43. The fourth-order valence-corrected chi connectivity index (χ4v) is 2.50. The lowest BCUT2D eigenvalue weighted by Gasteiger charge is -2.28. The van der Waals surface area contributed by atoms with Crippen LogP contribution in [0.2, 0.25) is 0 Å². The lowest BCUT2D eigenvalue weighted by atomic mass is 9.85. The van der Waals surface area contributed by atoms with E-state index >= 15 is 0 Å². The quantitative estimate of drug-likeness (QED) is 0.826. The zero-order valence-electron chi connectivity index (χ0n) is 13.6. The molecule has 0 spiro atoms. The summed E-state index contributed by atoms with van der Waals surface area (Å²) in [5, 5.41) is 5.39. The normalized spacial score (nSPS) is 18.6. The maximum absolute atomic E-state index is 12.0. The molecule has 0 aromatic heterocycles. The number of esters is 1. The highest BCUT2D eigenvalue weighted by Gasteiger charge is 2.31. The maximum Gasteiger partial charge on any atom is 0.337 e. The minimum atomic E-state index is -0.504. The number of methoxy groups -OCH3 is 1. The molecule has 0 bridgehead atoms. The van der Waals surface area contributed by atoms with Crippen LogP contribution < -0.4 is 10.6 Å². The summed E-state index contributed by atoms with van der Waals surface area (Å²) in [6.07, 6.45) is 0. The second kappa shape index (κ2) is 5.83. The van der Waals surface area contributed by atoms with Gasteiger partial charge >= 0.3 is 12.0 Å². The Morgan fingerprint density at radius 2 is 1.77 bits per heavy atom. The molecule has 1 aromatic rings. The molecule has 5 nitrogen and oxygen atoms in total. The minimum Gasteiger partial charge on any atom is -0.466 e. The number of allylic oxidation sites excluding steroid dienone is 1. The van der Waals surface area contributed by atoms with Crippen LogP contribution in [0, 0.1) is 0 Å². The number of amides is 2. The van der Waals surface area contributed by atoms with Crippen LogP contribution in [0.4, 0.5) is 4.79 Å². The summed E-state index contributed by atoms with van der Waals surface area (Å²) < 4.78 is 4.84. The lowest BCUT2D eigenvalue weighted by Crippen LogP contribution is -2.45. The van der Waals surface area contributed by atoms with Gasteiger partial charge in [0.25, 0.3) is 0 Å². The van der Waals surface area contributed by atoms with Crippen LogP contribution in [0.1, 0.15) is 44.9 Å². The molecule has 2 amide bonds. The number of carbonyl (C=O) groups excluding carboxylic acids is 2. The maximum atomic E-state index is 12.0. The first-order valence-electron chi connectivity index (χ1n) is 7.21. The molecular weight excluding hydrogens is 280 g/mol. The molecule has 5 heteroatoms. The number of benzene rings is 1. The van der Waals surface area contributed by atoms with E-state index in [1.807, 2.05) is 24.3 Å². The number of ether oxygens (including phenoxy) is 1. The van der Waals surface area contributed by atoms with Gasteiger partial charge in [0.15, 0.2) is 0 Å². The zero-order chi connectivity index (χ0) is 16.5. The number of nitrogens with one attached hydrogen (secondary N) is 2. The van der Waals surface area contributed by atoms with Gasteiger partial charge in [-0.3, -0.25) is 0 Å². The fraction of sp³-hybridized carbons (Fsp3) is 0.412. The predicted molar refractivity (Wildman–Crippen MR) is 84.3 cm³/mol. The first-order chi connectivity index (χ1) is 10.2. The Labute approximate surface area is 130 Å². The van der Waals surface area contributed by atoms with Gasteiger partial charge in [0.1, 0.15) is 0 Å². The summed E-state index contributed by atoms with van der Waals surface area (Å²) in [4.78, 5) is 23.8. The fourth-order valence-electron chi connectivity index (χ4n) is 2.50. The first-order valence-corrected chi connectivity index (χ1v) is 7.21. The van der Waals surface area contributed by atoms with Crippen molar-refractivity contribution in [1.82, 2.24) is 10.6 Å². The van der Waals surface area contributed by atoms with Crippen LogP contribution in [0.15, 0.2) is 35.5 Å². The molecule has 2 N–H and O–H groups in total. The van der Waals surface area contributed by atoms with Crippen molar-refractivity contribution in [3.8, 4) is 0 Å². The van der Waals surface area contributed by atoms with E-state index in [2.05, 4.69) is 31.4 Å². The standard InChI is InChI=1S/C17H22N2O3/c1-10-13(15(20)22-5)14(19-16(21)18-10)11-6-8-12(9-7-11)17(2,3)4/h6-9,14H,1-5H3,(H2,18,19,21)/t14-/m0/s1. The van der Waals surface area contributed by atoms with Crippen molar-refractivity contribution in [2.24, 2.45) is 0 Å². The molecule has 0 unspecified atom stereocenters. The molecule has 0 aliphatic carbocycles. The average molecular weight is 302 g/mol. The van der Waals surface area contributed by atoms with Gasteiger partial charge < -0.3 is 15.4 Å². The van der Waals surface area contributed by atoms with Crippen molar-refractivity contribution in [2.75, 3.05) is 7.11 Å². The van der Waals surface area contributed by atoms with Gasteiger partial charge in [-0.05, 0) is 23.5 Å². The van der Waals surface area contributed by atoms with Gasteiger partial charge in [-0.2, -0.15) is 0 Å². The van der Waals surface area contributed by atoms with Crippen LogP contribution in [0.5, 0.6) is 0 Å². The zero-order valence-corrected chi connectivity index (χ0v) is 13.6. The second-order valence-electron chi connectivity index (χ2n) is 6.43. The highest BCUT2D eigenvalue weighted by Crippen LogP contribution is 2.29. The van der Waals surface area contributed by atoms with E-state index in [9.17, 15) is 9.59 Å². The largest absolute Gasteiger partial charge is 0.466 e. The highest BCUT2D eigenvalue weighted by molar-refractivity contribution is 5.94. The van der Waals surface area contributed by atoms with Crippen molar-refractivity contribution in [3.05, 3.63) is 46.7 Å². The number of urea groups is 1. The molecule has 1 atom stereocenters. The van der Waals surface area contributed by atoms with Gasteiger partial charge in [0, 0.05) is 5.70 Å². The van der Waals surface area contributed by atoms with Crippen molar-refractivity contribution < 1.29 is 14.3 Å². The summed E-state index contributed by atoms with van der Waals surface area (Å²) in [5.41, 5.74) is 3.03.